The van der Waals surface area contributed by atoms with Gasteiger partial charge in [-0.25, -0.2) is 4.99 Å². The van der Waals surface area contributed by atoms with Gasteiger partial charge < -0.3 is 20.8 Å². The van der Waals surface area contributed by atoms with Crippen LogP contribution >= 0.6 is 0 Å². The van der Waals surface area contributed by atoms with Crippen LogP contribution in [-0.4, -0.2) is 51.0 Å². The molecule has 0 heterocycles. The summed E-state index contributed by atoms with van der Waals surface area (Å²) in [5.41, 5.74) is 7.62. The van der Waals surface area contributed by atoms with Crippen molar-refractivity contribution in [2.24, 2.45) is 15.7 Å². The zero-order valence-electron chi connectivity index (χ0n) is 12.8. The maximum atomic E-state index is 7.96. The molecule has 0 saturated heterocycles. The van der Waals surface area contributed by atoms with Gasteiger partial charge in [-0.1, -0.05) is 0 Å². The van der Waals surface area contributed by atoms with Crippen molar-refractivity contribution in [3.63, 3.8) is 0 Å². The largest absolute Gasteiger partial charge is 0.402 e. The molecule has 0 aliphatic carbocycles. The molecule has 0 fully saturated rings. The molecule has 0 aromatic heterocycles. The van der Waals surface area contributed by atoms with Gasteiger partial charge >= 0.3 is 0 Å². The number of nitrogens with one attached hydrogen (secondary N) is 1. The molecule has 0 unspecified atom stereocenters. The normalized spacial score (nSPS) is 13.3. The van der Waals surface area contributed by atoms with Crippen molar-refractivity contribution >= 4 is 18.8 Å². The van der Waals surface area contributed by atoms with Crippen LogP contribution in [0.5, 0.6) is 0 Å². The van der Waals surface area contributed by atoms with Crippen molar-refractivity contribution < 1.29 is 4.74 Å². The van der Waals surface area contributed by atoms with Crippen LogP contribution in [0.3, 0.4) is 0 Å². The van der Waals surface area contributed by atoms with Crippen LogP contribution < -0.4 is 5.73 Å². The van der Waals surface area contributed by atoms with Gasteiger partial charge in [-0.05, 0) is 32.2 Å². The summed E-state index contributed by atoms with van der Waals surface area (Å²) < 4.78 is 5.04. The van der Waals surface area contributed by atoms with Gasteiger partial charge in [0.15, 0.2) is 0 Å². The van der Waals surface area contributed by atoms with Gasteiger partial charge in [-0.15, -0.1) is 0 Å². The minimum absolute atomic E-state index is 0.460. The molecule has 20 heavy (non-hydrogen) atoms. The van der Waals surface area contributed by atoms with E-state index in [2.05, 4.69) is 16.7 Å². The molecule has 0 saturated carbocycles. The van der Waals surface area contributed by atoms with Crippen LogP contribution in [0.1, 0.15) is 20.3 Å². The minimum Gasteiger partial charge on any atom is -0.402 e. The third-order valence-corrected chi connectivity index (χ3v) is 2.83. The Morgan fingerprint density at radius 1 is 1.45 bits per heavy atom. The lowest BCUT2D eigenvalue weighted by molar-refractivity contribution is 0.173. The number of nitrogens with two attached hydrogens (primary N) is 1. The van der Waals surface area contributed by atoms with E-state index < -0.39 is 0 Å². The van der Waals surface area contributed by atoms with Crippen LogP contribution in [0, 0.1) is 5.41 Å². The fourth-order valence-corrected chi connectivity index (χ4v) is 1.33. The zero-order valence-corrected chi connectivity index (χ0v) is 12.8. The van der Waals surface area contributed by atoms with Gasteiger partial charge in [0.25, 0.3) is 0 Å². The summed E-state index contributed by atoms with van der Waals surface area (Å²) in [6, 6.07) is 0. The first-order valence-corrected chi connectivity index (χ1v) is 6.33. The van der Waals surface area contributed by atoms with Gasteiger partial charge in [-0.2, -0.15) is 0 Å². The lowest BCUT2D eigenvalue weighted by Gasteiger charge is -2.19. The number of aliphatic imine (C=N–C) groups is 2. The monoisotopic (exact) mass is 279 g/mol. The first-order valence-electron chi connectivity index (χ1n) is 6.33. The van der Waals surface area contributed by atoms with E-state index in [9.17, 15) is 0 Å². The average Bonchev–Trinajstić information content (AvgIpc) is 2.43. The average molecular weight is 279 g/mol. The standard InChI is InChI=1S/C14H25N5O/c1-11(12(2)15)13(16)6-7-14(18-10-17-3)19(4)8-9-20-5/h7,10,16H,3,6,8-9,15H2,1-2,4-5H3/b12-11-,14-7+,16-13?,18-10-. The van der Waals surface area contributed by atoms with Gasteiger partial charge in [0.05, 0.1) is 6.61 Å². The highest BCUT2D eigenvalue weighted by Crippen LogP contribution is 2.09. The second-order valence-corrected chi connectivity index (χ2v) is 4.39. The third-order valence-electron chi connectivity index (χ3n) is 2.83. The van der Waals surface area contributed by atoms with Crippen molar-refractivity contribution in [1.29, 1.82) is 5.41 Å². The van der Waals surface area contributed by atoms with Gasteiger partial charge in [0, 0.05) is 38.5 Å². The number of methoxy groups -OCH3 is 1. The predicted molar refractivity (Wildman–Crippen MR) is 85.5 cm³/mol. The number of nitrogens with zero attached hydrogens (tertiary/aromatic N) is 3. The smallest absolute Gasteiger partial charge is 0.126 e. The fraction of sp³-hybridized carbons (Fsp3) is 0.500. The van der Waals surface area contributed by atoms with Gasteiger partial charge in [-0.3, -0.25) is 4.99 Å². The molecule has 0 rings (SSSR count). The molecule has 6 nitrogen and oxygen atoms in total. The molecule has 0 bridgehead atoms. The van der Waals surface area contributed by atoms with Gasteiger partial charge in [0.2, 0.25) is 0 Å². The van der Waals surface area contributed by atoms with E-state index in [0.29, 0.717) is 31.0 Å². The fourth-order valence-electron chi connectivity index (χ4n) is 1.33. The number of hydrogen-bond donors (Lipinski definition) is 2. The number of ether oxygens (including phenoxy) is 1. The first-order chi connectivity index (χ1) is 9.43. The van der Waals surface area contributed by atoms with Crippen molar-refractivity contribution in [3.8, 4) is 0 Å². The lowest BCUT2D eigenvalue weighted by Crippen LogP contribution is -2.21. The summed E-state index contributed by atoms with van der Waals surface area (Å²) in [6.45, 7) is 8.30. The topological polar surface area (TPSA) is 87.1 Å². The Morgan fingerprint density at radius 2 is 2.10 bits per heavy atom. The highest BCUT2D eigenvalue weighted by molar-refractivity contribution is 5.98. The third kappa shape index (κ3) is 6.84. The van der Waals surface area contributed by atoms with E-state index in [0.717, 1.165) is 11.4 Å². The van der Waals surface area contributed by atoms with Crippen LogP contribution in [0.4, 0.5) is 0 Å². The Labute approximate surface area is 121 Å². The highest BCUT2D eigenvalue weighted by atomic mass is 16.5. The van der Waals surface area contributed by atoms with E-state index in [1.807, 2.05) is 24.9 Å². The molecule has 0 aromatic carbocycles. The Hall–Kier alpha value is -1.95. The Bertz CT molecular complexity index is 419. The van der Waals surface area contributed by atoms with Crippen LogP contribution in [-0.2, 0) is 4.74 Å². The van der Waals surface area contributed by atoms with E-state index in [-0.39, 0.29) is 0 Å². The predicted octanol–water partition coefficient (Wildman–Crippen LogP) is 1.80. The Kier molecular flexibility index (Phi) is 8.95. The highest BCUT2D eigenvalue weighted by Gasteiger charge is 2.05. The second kappa shape index (κ2) is 9.91. The number of likely N-dealkylation sites (N-methyl/N-ethyl adjacent to an activating group) is 1. The number of hydrogen-bond acceptors (Lipinski definition) is 5. The summed E-state index contributed by atoms with van der Waals surface area (Å²) in [4.78, 5) is 9.75. The van der Waals surface area contributed by atoms with Crippen molar-refractivity contribution in [1.82, 2.24) is 4.90 Å². The van der Waals surface area contributed by atoms with E-state index in [1.165, 1.54) is 6.34 Å². The van der Waals surface area contributed by atoms with Crippen LogP contribution in [0.2, 0.25) is 0 Å². The molecule has 0 atom stereocenters. The number of allylic oxidation sites excluding steroid dienone is 3. The molecule has 6 heteroatoms. The molecule has 0 aromatic rings. The molecule has 0 aliphatic rings. The maximum Gasteiger partial charge on any atom is 0.126 e. The van der Waals surface area contributed by atoms with Crippen molar-refractivity contribution in [2.75, 3.05) is 27.3 Å². The van der Waals surface area contributed by atoms with Crippen LogP contribution in [0.25, 0.3) is 0 Å². The summed E-state index contributed by atoms with van der Waals surface area (Å²) >= 11 is 0. The quantitative estimate of drug-likeness (QED) is 0.498. The molecule has 0 aliphatic heterocycles. The Balaban J connectivity index is 4.90. The molecule has 0 spiro atoms. The summed E-state index contributed by atoms with van der Waals surface area (Å²) in [5.74, 6) is 0.724. The van der Waals surface area contributed by atoms with Gasteiger partial charge in [0.1, 0.15) is 12.2 Å². The first kappa shape index (κ1) is 18.0. The van der Waals surface area contributed by atoms with Crippen molar-refractivity contribution in [2.45, 2.75) is 20.3 Å². The molecule has 0 amide bonds. The minimum atomic E-state index is 0.460. The SMILES string of the molecule is C=N/C=N\C(=C/CC(=N)/C(C)=C(/C)N)N(C)CCOC. The van der Waals surface area contributed by atoms with Crippen LogP contribution in [0.15, 0.2) is 33.2 Å². The maximum absolute atomic E-state index is 7.96. The van der Waals surface area contributed by atoms with E-state index in [1.54, 1.807) is 14.0 Å². The molecular weight excluding hydrogens is 254 g/mol. The molecule has 112 valence electrons. The zero-order chi connectivity index (χ0) is 15.5. The molecular formula is C14H25N5O. The van der Waals surface area contributed by atoms with E-state index >= 15 is 0 Å². The summed E-state index contributed by atoms with van der Waals surface area (Å²) in [5, 5.41) is 7.96. The Morgan fingerprint density at radius 3 is 2.60 bits per heavy atom. The van der Waals surface area contributed by atoms with E-state index in [4.69, 9.17) is 15.9 Å². The summed E-state index contributed by atoms with van der Waals surface area (Å²) in [6.07, 6.45) is 3.71. The lowest BCUT2D eigenvalue weighted by atomic mass is 10.1. The van der Waals surface area contributed by atoms with Crippen molar-refractivity contribution in [3.05, 3.63) is 23.2 Å². The molecule has 3 N–H and O–H groups in total. The number of rotatable bonds is 9. The second-order valence-electron chi connectivity index (χ2n) is 4.39. The molecule has 0 radical (unpaired) electrons. The summed E-state index contributed by atoms with van der Waals surface area (Å²) in [7, 11) is 3.56.